The molecule has 0 fully saturated rings. The fourth-order valence-electron chi connectivity index (χ4n) is 5.54. The number of thiazole rings is 1. The summed E-state index contributed by atoms with van der Waals surface area (Å²) in [4.78, 5) is 32.4. The van der Waals surface area contributed by atoms with Crippen molar-refractivity contribution in [3.8, 4) is 0 Å². The lowest BCUT2D eigenvalue weighted by atomic mass is 9.93. The number of benzene rings is 3. The van der Waals surface area contributed by atoms with Crippen LogP contribution in [0.3, 0.4) is 0 Å². The summed E-state index contributed by atoms with van der Waals surface area (Å²) in [7, 11) is 1.35. The Morgan fingerprint density at radius 1 is 1.07 bits per heavy atom. The van der Waals surface area contributed by atoms with Gasteiger partial charge in [-0.1, -0.05) is 97.4 Å². The molecule has 6 nitrogen and oxygen atoms in total. The highest BCUT2D eigenvalue weighted by atomic mass is 35.5. The first-order chi connectivity index (χ1) is 20.3. The van der Waals surface area contributed by atoms with Gasteiger partial charge in [-0.05, 0) is 47.7 Å². The molecule has 42 heavy (non-hydrogen) atoms. The highest BCUT2D eigenvalue weighted by Crippen LogP contribution is 2.31. The number of halogens is 1. The maximum absolute atomic E-state index is 14.1. The van der Waals surface area contributed by atoms with E-state index in [2.05, 4.69) is 36.7 Å². The van der Waals surface area contributed by atoms with E-state index in [-0.39, 0.29) is 5.56 Å². The van der Waals surface area contributed by atoms with Crippen molar-refractivity contribution < 1.29 is 9.53 Å². The quantitative estimate of drug-likeness (QED) is 0.220. The minimum Gasteiger partial charge on any atom is -0.466 e. The molecule has 212 valence electrons. The lowest BCUT2D eigenvalue weighted by Crippen LogP contribution is -2.39. The van der Waals surface area contributed by atoms with Gasteiger partial charge >= 0.3 is 5.97 Å². The van der Waals surface area contributed by atoms with Crippen LogP contribution in [0.15, 0.2) is 100 Å². The number of para-hydroxylation sites is 1. The number of nitrogens with zero attached hydrogens (tertiary/aromatic N) is 3. The molecule has 0 aliphatic carbocycles. The summed E-state index contributed by atoms with van der Waals surface area (Å²) in [6.07, 6.45) is 3.98. The van der Waals surface area contributed by atoms with E-state index in [0.717, 1.165) is 27.6 Å². The second-order valence-electron chi connectivity index (χ2n) is 10.7. The molecule has 1 aliphatic rings. The first-order valence-corrected chi connectivity index (χ1v) is 15.0. The average Bonchev–Trinajstić information content (AvgIpc) is 3.49. The molecule has 0 spiro atoms. The van der Waals surface area contributed by atoms with Crippen molar-refractivity contribution in [1.82, 2.24) is 9.13 Å². The third-order valence-electron chi connectivity index (χ3n) is 7.75. The third kappa shape index (κ3) is 4.93. The lowest BCUT2D eigenvalue weighted by Gasteiger charge is -2.24. The van der Waals surface area contributed by atoms with Crippen LogP contribution in [0.2, 0.25) is 5.02 Å². The van der Waals surface area contributed by atoms with Crippen molar-refractivity contribution in [3.05, 3.63) is 137 Å². The molecule has 0 N–H and O–H groups in total. The molecule has 1 unspecified atom stereocenters. The SMILES string of the molecule is COC(=O)C1=C(C)N=c2sc(=Cc3cn(Cc4ccccc4Cl)c4ccccc34)c(=O)n2C1c1ccc(C(C)C)cc1. The molecule has 1 aliphatic heterocycles. The van der Waals surface area contributed by atoms with E-state index in [4.69, 9.17) is 21.3 Å². The molecular weight excluding hydrogens is 566 g/mol. The number of fused-ring (bicyclic) bond motifs is 2. The van der Waals surface area contributed by atoms with Crippen molar-refractivity contribution in [1.29, 1.82) is 0 Å². The van der Waals surface area contributed by atoms with Gasteiger partial charge in [0.25, 0.3) is 5.56 Å². The topological polar surface area (TPSA) is 65.6 Å². The Bertz CT molecular complexity index is 2050. The standard InChI is InChI=1S/C34H30ClN3O3S/c1-20(2)22-13-15-23(16-14-22)31-30(33(40)41-4)21(3)36-34-38(31)32(39)29(42-34)17-25-19-37(28-12-8-6-10-26(25)28)18-24-9-5-7-11-27(24)35/h5-17,19-20,31H,18H2,1-4H3. The van der Waals surface area contributed by atoms with Gasteiger partial charge < -0.3 is 9.30 Å². The maximum Gasteiger partial charge on any atom is 0.338 e. The summed E-state index contributed by atoms with van der Waals surface area (Å²) in [5.41, 5.74) is 5.70. The first-order valence-electron chi connectivity index (χ1n) is 13.8. The lowest BCUT2D eigenvalue weighted by molar-refractivity contribution is -0.136. The minimum absolute atomic E-state index is 0.200. The van der Waals surface area contributed by atoms with Crippen LogP contribution in [-0.4, -0.2) is 22.2 Å². The first kappa shape index (κ1) is 27.9. The van der Waals surface area contributed by atoms with E-state index in [0.29, 0.717) is 38.1 Å². The highest BCUT2D eigenvalue weighted by molar-refractivity contribution is 7.07. The summed E-state index contributed by atoms with van der Waals surface area (Å²) in [5, 5.41) is 1.74. The number of esters is 1. The Morgan fingerprint density at radius 3 is 2.50 bits per heavy atom. The van der Waals surface area contributed by atoms with E-state index >= 15 is 0 Å². The van der Waals surface area contributed by atoms with Crippen LogP contribution in [0.1, 0.15) is 55.0 Å². The van der Waals surface area contributed by atoms with Crippen molar-refractivity contribution in [2.24, 2.45) is 4.99 Å². The highest BCUT2D eigenvalue weighted by Gasteiger charge is 2.33. The zero-order valence-electron chi connectivity index (χ0n) is 23.8. The van der Waals surface area contributed by atoms with Crippen LogP contribution >= 0.6 is 22.9 Å². The number of rotatable bonds is 6. The van der Waals surface area contributed by atoms with E-state index < -0.39 is 12.0 Å². The van der Waals surface area contributed by atoms with Crippen LogP contribution in [-0.2, 0) is 16.1 Å². The van der Waals surface area contributed by atoms with E-state index in [1.807, 2.05) is 66.7 Å². The second kappa shape index (κ2) is 11.2. The molecule has 8 heteroatoms. The Hall–Kier alpha value is -4.20. The normalized spacial score (nSPS) is 15.3. The zero-order valence-corrected chi connectivity index (χ0v) is 25.4. The number of allylic oxidation sites excluding steroid dienone is 1. The van der Waals surface area contributed by atoms with Gasteiger partial charge in [0.1, 0.15) is 0 Å². The van der Waals surface area contributed by atoms with Gasteiger partial charge in [0, 0.05) is 34.2 Å². The monoisotopic (exact) mass is 595 g/mol. The number of hydrogen-bond donors (Lipinski definition) is 0. The van der Waals surface area contributed by atoms with E-state index in [1.54, 1.807) is 11.5 Å². The van der Waals surface area contributed by atoms with Crippen LogP contribution < -0.4 is 14.9 Å². The fraction of sp³-hybridized carbons (Fsp3) is 0.206. The second-order valence-corrected chi connectivity index (χ2v) is 12.1. The van der Waals surface area contributed by atoms with Crippen LogP contribution in [0.5, 0.6) is 0 Å². The van der Waals surface area contributed by atoms with Crippen LogP contribution in [0.25, 0.3) is 17.0 Å². The average molecular weight is 596 g/mol. The molecule has 0 bridgehead atoms. The van der Waals surface area contributed by atoms with Gasteiger partial charge in [0.05, 0.1) is 29.0 Å². The smallest absolute Gasteiger partial charge is 0.338 e. The Balaban J connectivity index is 1.51. The summed E-state index contributed by atoms with van der Waals surface area (Å²) < 4.78 is 9.47. The molecule has 5 aromatic rings. The predicted molar refractivity (Wildman–Crippen MR) is 169 cm³/mol. The summed E-state index contributed by atoms with van der Waals surface area (Å²) in [5.74, 6) is -0.135. The summed E-state index contributed by atoms with van der Waals surface area (Å²) >= 11 is 7.80. The number of methoxy groups -OCH3 is 1. The molecule has 2 aromatic heterocycles. The molecule has 6 rings (SSSR count). The van der Waals surface area contributed by atoms with Crippen LogP contribution in [0, 0.1) is 0 Å². The van der Waals surface area contributed by atoms with Gasteiger partial charge in [0.2, 0.25) is 0 Å². The minimum atomic E-state index is -0.640. The van der Waals surface area contributed by atoms with E-state index in [9.17, 15) is 9.59 Å². The molecule has 0 saturated carbocycles. The summed E-state index contributed by atoms with van der Waals surface area (Å²) in [6.45, 7) is 6.66. The maximum atomic E-state index is 14.1. The number of aromatic nitrogens is 2. The van der Waals surface area contributed by atoms with Gasteiger partial charge in [-0.3, -0.25) is 9.36 Å². The number of ether oxygens (including phenoxy) is 1. The predicted octanol–water partition coefficient (Wildman–Crippen LogP) is 6.19. The Labute approximate surface area is 252 Å². The van der Waals surface area contributed by atoms with Gasteiger partial charge in [-0.25, -0.2) is 9.79 Å². The molecule has 0 radical (unpaired) electrons. The largest absolute Gasteiger partial charge is 0.466 e. The zero-order chi connectivity index (χ0) is 29.5. The van der Waals surface area contributed by atoms with Crippen molar-refractivity contribution in [2.75, 3.05) is 7.11 Å². The number of carbonyl (C=O) groups excluding carboxylic acids is 1. The number of hydrogen-bond acceptors (Lipinski definition) is 5. The number of carbonyl (C=O) groups is 1. The Kier molecular flexibility index (Phi) is 7.47. The van der Waals surface area contributed by atoms with Gasteiger partial charge in [-0.2, -0.15) is 0 Å². The van der Waals surface area contributed by atoms with Gasteiger partial charge in [0.15, 0.2) is 4.80 Å². The van der Waals surface area contributed by atoms with E-state index in [1.165, 1.54) is 24.0 Å². The van der Waals surface area contributed by atoms with Crippen molar-refractivity contribution >= 4 is 45.9 Å². The van der Waals surface area contributed by atoms with Crippen LogP contribution in [0.4, 0.5) is 0 Å². The third-order valence-corrected chi connectivity index (χ3v) is 9.10. The fourth-order valence-corrected chi connectivity index (χ4v) is 6.78. The summed E-state index contributed by atoms with van der Waals surface area (Å²) in [6, 6.07) is 23.4. The molecule has 0 saturated heterocycles. The van der Waals surface area contributed by atoms with Gasteiger partial charge in [-0.15, -0.1) is 0 Å². The molecular formula is C34H30ClN3O3S. The molecule has 1 atom stereocenters. The van der Waals surface area contributed by atoms with Crippen molar-refractivity contribution in [2.45, 2.75) is 39.3 Å². The Morgan fingerprint density at radius 2 is 1.79 bits per heavy atom. The molecule has 3 aromatic carbocycles. The molecule has 3 heterocycles. The molecule has 0 amide bonds. The van der Waals surface area contributed by atoms with Crippen molar-refractivity contribution in [3.63, 3.8) is 0 Å².